The lowest BCUT2D eigenvalue weighted by atomic mass is 10.2. The number of aromatic nitrogens is 3. The van der Waals surface area contributed by atoms with Crippen LogP contribution in [0.25, 0.3) is 5.52 Å². The molecule has 2 heterocycles. The van der Waals surface area contributed by atoms with E-state index in [0.29, 0.717) is 15.7 Å². The third kappa shape index (κ3) is 2.21. The highest BCUT2D eigenvalue weighted by molar-refractivity contribution is 9.10. The van der Waals surface area contributed by atoms with Gasteiger partial charge in [-0.3, -0.25) is 4.79 Å². The number of carbonyl (C=O) groups excluding carboxylic acids is 1. The summed E-state index contributed by atoms with van der Waals surface area (Å²) in [6, 6.07) is 1.68. The van der Waals surface area contributed by atoms with E-state index in [2.05, 4.69) is 26.0 Å². The van der Waals surface area contributed by atoms with Gasteiger partial charge in [0, 0.05) is 26.4 Å². The Balaban J connectivity index is 2.55. The molecule has 0 atom stereocenters. The van der Waals surface area contributed by atoms with Crippen molar-refractivity contribution < 1.29 is 4.79 Å². The van der Waals surface area contributed by atoms with E-state index in [4.69, 9.17) is 5.73 Å². The van der Waals surface area contributed by atoms with Gasteiger partial charge in [-0.05, 0) is 22.0 Å². The van der Waals surface area contributed by atoms with Crippen molar-refractivity contribution in [3.63, 3.8) is 0 Å². The number of ketones is 1. The molecule has 0 bridgehead atoms. The number of nitrogen functional groups attached to an aromatic ring is 1. The van der Waals surface area contributed by atoms with Crippen molar-refractivity contribution in [2.45, 2.75) is 0 Å². The zero-order chi connectivity index (χ0) is 13.3. The summed E-state index contributed by atoms with van der Waals surface area (Å²) in [5, 5.41) is 4.03. The molecule has 0 aromatic carbocycles. The first-order valence-electron chi connectivity index (χ1n) is 5.17. The van der Waals surface area contributed by atoms with Crippen molar-refractivity contribution in [2.24, 2.45) is 0 Å². The lowest BCUT2D eigenvalue weighted by molar-refractivity contribution is 0.104. The average molecular weight is 310 g/mol. The Hall–Kier alpha value is -1.89. The van der Waals surface area contributed by atoms with Gasteiger partial charge < -0.3 is 10.6 Å². The van der Waals surface area contributed by atoms with E-state index >= 15 is 0 Å². The second-order valence-electron chi connectivity index (χ2n) is 3.93. The third-order valence-corrected chi connectivity index (χ3v) is 2.89. The smallest absolute Gasteiger partial charge is 0.189 e. The Morgan fingerprint density at radius 2 is 2.28 bits per heavy atom. The van der Waals surface area contributed by atoms with E-state index in [1.165, 1.54) is 12.4 Å². The molecule has 0 aliphatic carbocycles. The molecule has 0 aliphatic rings. The number of nitrogens with zero attached hydrogens (tertiary/aromatic N) is 4. The van der Waals surface area contributed by atoms with Gasteiger partial charge in [-0.1, -0.05) is 0 Å². The van der Waals surface area contributed by atoms with E-state index < -0.39 is 0 Å². The van der Waals surface area contributed by atoms with Crippen molar-refractivity contribution >= 4 is 33.0 Å². The molecule has 0 spiro atoms. The molecule has 6 nitrogen and oxygen atoms in total. The third-order valence-electron chi connectivity index (χ3n) is 2.33. The Morgan fingerprint density at radius 1 is 1.56 bits per heavy atom. The highest BCUT2D eigenvalue weighted by Gasteiger charge is 2.16. The van der Waals surface area contributed by atoms with Crippen molar-refractivity contribution in [3.8, 4) is 0 Å². The number of anilines is 1. The van der Waals surface area contributed by atoms with Gasteiger partial charge in [0.2, 0.25) is 0 Å². The Morgan fingerprint density at radius 3 is 2.94 bits per heavy atom. The summed E-state index contributed by atoms with van der Waals surface area (Å²) in [4.78, 5) is 17.7. The van der Waals surface area contributed by atoms with E-state index in [1.54, 1.807) is 21.7 Å². The number of nitrogens with two attached hydrogens (primary N) is 1. The van der Waals surface area contributed by atoms with Gasteiger partial charge in [-0.25, -0.2) is 9.50 Å². The van der Waals surface area contributed by atoms with Gasteiger partial charge in [0.15, 0.2) is 11.6 Å². The van der Waals surface area contributed by atoms with Crippen LogP contribution in [0.2, 0.25) is 0 Å². The fourth-order valence-corrected chi connectivity index (χ4v) is 2.02. The molecule has 2 aromatic heterocycles. The van der Waals surface area contributed by atoms with Crippen LogP contribution in [-0.4, -0.2) is 39.4 Å². The molecule has 0 saturated heterocycles. The molecule has 2 N–H and O–H groups in total. The van der Waals surface area contributed by atoms with Gasteiger partial charge in [0.25, 0.3) is 0 Å². The van der Waals surface area contributed by atoms with Crippen molar-refractivity contribution in [1.29, 1.82) is 0 Å². The van der Waals surface area contributed by atoms with E-state index in [-0.39, 0.29) is 11.6 Å². The number of allylic oxidation sites excluding steroid dienone is 1. The van der Waals surface area contributed by atoms with Crippen molar-refractivity contribution in [2.75, 3.05) is 19.8 Å². The standard InChI is InChI=1S/C11H12BrN5O/c1-16(2)4-3-8(18)7-5-9(12)17-10(7)11(13)14-6-15-17/h3-6H,1-2H3,(H2,13,14,15)/b4-3+. The molecular formula is C11H12BrN5O. The number of hydrogen-bond acceptors (Lipinski definition) is 5. The van der Waals surface area contributed by atoms with Crippen molar-refractivity contribution in [1.82, 2.24) is 19.5 Å². The van der Waals surface area contributed by atoms with E-state index in [9.17, 15) is 4.79 Å². The van der Waals surface area contributed by atoms with Gasteiger partial charge in [-0.2, -0.15) is 5.10 Å². The zero-order valence-corrected chi connectivity index (χ0v) is 11.5. The maximum absolute atomic E-state index is 12.1. The number of hydrogen-bond donors (Lipinski definition) is 1. The summed E-state index contributed by atoms with van der Waals surface area (Å²) in [6.07, 6.45) is 4.50. The average Bonchev–Trinajstić information content (AvgIpc) is 2.66. The van der Waals surface area contributed by atoms with Crippen LogP contribution in [0.15, 0.2) is 29.3 Å². The maximum Gasteiger partial charge on any atom is 0.189 e. The minimum Gasteiger partial charge on any atom is -0.383 e. The highest BCUT2D eigenvalue weighted by Crippen LogP contribution is 2.24. The van der Waals surface area contributed by atoms with Crippen LogP contribution in [0.4, 0.5) is 5.82 Å². The SMILES string of the molecule is CN(C)/C=C/C(=O)c1cc(Br)n2ncnc(N)c12. The first-order valence-corrected chi connectivity index (χ1v) is 5.96. The maximum atomic E-state index is 12.1. The van der Waals surface area contributed by atoms with Crippen LogP contribution in [0.3, 0.4) is 0 Å². The molecule has 0 saturated carbocycles. The monoisotopic (exact) mass is 309 g/mol. The Bertz CT molecular complexity index is 632. The first-order chi connectivity index (χ1) is 8.50. The molecule has 0 amide bonds. The lowest BCUT2D eigenvalue weighted by Crippen LogP contribution is -2.05. The molecule has 2 rings (SSSR count). The topological polar surface area (TPSA) is 76.5 Å². The summed E-state index contributed by atoms with van der Waals surface area (Å²) < 4.78 is 2.20. The quantitative estimate of drug-likeness (QED) is 0.684. The molecule has 18 heavy (non-hydrogen) atoms. The zero-order valence-electron chi connectivity index (χ0n) is 9.96. The van der Waals surface area contributed by atoms with Crippen LogP contribution in [0, 0.1) is 0 Å². The number of rotatable bonds is 3. The van der Waals surface area contributed by atoms with Gasteiger partial charge in [0.1, 0.15) is 16.4 Å². The molecule has 0 unspecified atom stereocenters. The van der Waals surface area contributed by atoms with Crippen LogP contribution in [0.5, 0.6) is 0 Å². The second kappa shape index (κ2) is 4.77. The normalized spacial score (nSPS) is 11.3. The predicted molar refractivity (Wildman–Crippen MR) is 72.3 cm³/mol. The Kier molecular flexibility index (Phi) is 3.33. The summed E-state index contributed by atoms with van der Waals surface area (Å²) in [5.41, 5.74) is 6.77. The molecule has 0 fully saturated rings. The first kappa shape index (κ1) is 12.6. The van der Waals surface area contributed by atoms with E-state index in [1.807, 2.05) is 14.1 Å². The second-order valence-corrected chi connectivity index (χ2v) is 4.74. The summed E-state index contributed by atoms with van der Waals surface area (Å²) >= 11 is 3.33. The van der Waals surface area contributed by atoms with Crippen LogP contribution in [-0.2, 0) is 0 Å². The number of carbonyl (C=O) groups is 1. The predicted octanol–water partition coefficient (Wildman–Crippen LogP) is 1.33. The molecular weight excluding hydrogens is 298 g/mol. The number of fused-ring (bicyclic) bond motifs is 1. The van der Waals surface area contributed by atoms with Gasteiger partial charge in [0.05, 0.1) is 5.56 Å². The van der Waals surface area contributed by atoms with Crippen LogP contribution < -0.4 is 5.73 Å². The van der Waals surface area contributed by atoms with Crippen LogP contribution >= 0.6 is 15.9 Å². The van der Waals surface area contributed by atoms with Crippen molar-refractivity contribution in [3.05, 3.63) is 34.8 Å². The summed E-state index contributed by atoms with van der Waals surface area (Å²) in [6.45, 7) is 0. The minimum atomic E-state index is -0.145. The molecule has 0 aliphatic heterocycles. The Labute approximate surface area is 112 Å². The van der Waals surface area contributed by atoms with Gasteiger partial charge >= 0.3 is 0 Å². The number of halogens is 1. The molecule has 94 valence electrons. The van der Waals surface area contributed by atoms with Crippen LogP contribution in [0.1, 0.15) is 10.4 Å². The summed E-state index contributed by atoms with van der Waals surface area (Å²) in [5.74, 6) is 0.130. The fourth-order valence-electron chi connectivity index (χ4n) is 1.52. The summed E-state index contributed by atoms with van der Waals surface area (Å²) in [7, 11) is 3.68. The minimum absolute atomic E-state index is 0.145. The largest absolute Gasteiger partial charge is 0.383 e. The molecule has 7 heteroatoms. The van der Waals surface area contributed by atoms with E-state index in [0.717, 1.165) is 0 Å². The highest BCUT2D eigenvalue weighted by atomic mass is 79.9. The molecule has 2 aromatic rings. The lowest BCUT2D eigenvalue weighted by Gasteiger charge is -2.02. The fraction of sp³-hybridized carbons (Fsp3) is 0.182. The van der Waals surface area contributed by atoms with Gasteiger partial charge in [-0.15, -0.1) is 0 Å². The molecule has 0 radical (unpaired) electrons.